The van der Waals surface area contributed by atoms with Crippen LogP contribution in [0.15, 0.2) is 48.9 Å². The molecule has 1 aromatic carbocycles. The molecule has 5 rings (SSSR count). The molecule has 42 heavy (non-hydrogen) atoms. The van der Waals surface area contributed by atoms with Gasteiger partial charge in [-0.3, -0.25) is 10.3 Å². The van der Waals surface area contributed by atoms with Crippen LogP contribution in [-0.2, 0) is 9.47 Å². The van der Waals surface area contributed by atoms with Crippen molar-refractivity contribution in [2.24, 2.45) is 0 Å². The van der Waals surface area contributed by atoms with Crippen molar-refractivity contribution in [1.82, 2.24) is 24.5 Å². The first-order valence-corrected chi connectivity index (χ1v) is 14.9. The fraction of sp³-hybridized carbons (Fsp3) is 0.467. The largest absolute Gasteiger partial charge is 0.448 e. The van der Waals surface area contributed by atoms with Gasteiger partial charge in [-0.1, -0.05) is 18.5 Å². The molecule has 3 N–H and O–H groups in total. The number of carbonyl (C=O) groups is 1. The molecule has 4 heterocycles. The van der Waals surface area contributed by atoms with E-state index < -0.39 is 6.09 Å². The number of nitrogens with one attached hydrogen (secondary N) is 2. The fourth-order valence-corrected chi connectivity index (χ4v) is 5.55. The van der Waals surface area contributed by atoms with Gasteiger partial charge in [0.2, 0.25) is 0 Å². The van der Waals surface area contributed by atoms with Crippen LogP contribution in [0.4, 0.5) is 16.3 Å². The second-order valence-corrected chi connectivity index (χ2v) is 11.0. The number of benzene rings is 1. The number of rotatable bonds is 13. The first-order valence-electron chi connectivity index (χ1n) is 14.5. The number of aliphatic hydroxyl groups is 1. The minimum Gasteiger partial charge on any atom is -0.448 e. The van der Waals surface area contributed by atoms with Gasteiger partial charge in [-0.15, -0.1) is 0 Å². The number of ether oxygens (including phenoxy) is 2. The van der Waals surface area contributed by atoms with Gasteiger partial charge in [-0.2, -0.15) is 5.10 Å². The number of fused-ring (bicyclic) bond motifs is 2. The Morgan fingerprint density at radius 1 is 1.24 bits per heavy atom. The number of pyridine rings is 1. The second-order valence-electron chi connectivity index (χ2n) is 10.6. The Balaban J connectivity index is 1.05. The highest BCUT2D eigenvalue weighted by molar-refractivity contribution is 6.31. The van der Waals surface area contributed by atoms with E-state index in [0.29, 0.717) is 22.9 Å². The van der Waals surface area contributed by atoms with Crippen molar-refractivity contribution in [1.29, 1.82) is 0 Å². The Morgan fingerprint density at radius 2 is 2.12 bits per heavy atom. The van der Waals surface area contributed by atoms with Crippen LogP contribution in [-0.4, -0.2) is 80.7 Å². The van der Waals surface area contributed by atoms with Gasteiger partial charge in [0.25, 0.3) is 0 Å². The summed E-state index contributed by atoms with van der Waals surface area (Å²) in [6, 6.07) is 11.8. The molecule has 4 aromatic rings. The molecule has 0 aliphatic carbocycles. The van der Waals surface area contributed by atoms with Crippen LogP contribution in [0.1, 0.15) is 51.3 Å². The third kappa shape index (κ3) is 7.27. The van der Waals surface area contributed by atoms with Crippen LogP contribution in [0.3, 0.4) is 0 Å². The predicted molar refractivity (Wildman–Crippen MR) is 163 cm³/mol. The Morgan fingerprint density at radius 3 is 2.93 bits per heavy atom. The lowest BCUT2D eigenvalue weighted by Gasteiger charge is -2.22. The summed E-state index contributed by atoms with van der Waals surface area (Å²) >= 11 is 6.12. The smallest absolute Gasteiger partial charge is 0.412 e. The highest BCUT2D eigenvalue weighted by atomic mass is 35.5. The fourth-order valence-electron chi connectivity index (χ4n) is 5.39. The SMILES string of the molecule is CCN(CCCC(C)Nc1ccnc2cc(Cl)ccc12)CCOC(=O)Nc1ncnn2c([C@H]3CC[C@@H](CO)O3)ccc12. The molecule has 0 bridgehead atoms. The first kappa shape index (κ1) is 30.0. The normalized spacial score (nSPS) is 17.6. The summed E-state index contributed by atoms with van der Waals surface area (Å²) in [5.41, 5.74) is 3.44. The van der Waals surface area contributed by atoms with Crippen molar-refractivity contribution >= 4 is 45.6 Å². The van der Waals surface area contributed by atoms with E-state index in [1.807, 2.05) is 36.4 Å². The van der Waals surface area contributed by atoms with Gasteiger partial charge in [0.15, 0.2) is 5.82 Å². The van der Waals surface area contributed by atoms with E-state index in [0.717, 1.165) is 61.1 Å². The zero-order valence-corrected chi connectivity index (χ0v) is 24.8. The Hall–Kier alpha value is -3.51. The van der Waals surface area contributed by atoms with Gasteiger partial charge < -0.3 is 24.8 Å². The molecule has 3 atom stereocenters. The number of aliphatic hydroxyl groups excluding tert-OH is 1. The maximum atomic E-state index is 12.6. The molecule has 224 valence electrons. The molecule has 3 aromatic heterocycles. The third-order valence-electron chi connectivity index (χ3n) is 7.65. The van der Waals surface area contributed by atoms with Gasteiger partial charge in [0, 0.05) is 34.9 Å². The Bertz CT molecular complexity index is 1500. The molecule has 0 saturated carbocycles. The zero-order chi connectivity index (χ0) is 29.5. The van der Waals surface area contributed by atoms with Crippen LogP contribution >= 0.6 is 11.6 Å². The molecule has 0 radical (unpaired) electrons. The van der Waals surface area contributed by atoms with Gasteiger partial charge in [-0.05, 0) is 82.1 Å². The summed E-state index contributed by atoms with van der Waals surface area (Å²) in [6.07, 6.45) is 5.90. The summed E-state index contributed by atoms with van der Waals surface area (Å²) in [7, 11) is 0. The molecule has 1 aliphatic rings. The van der Waals surface area contributed by atoms with Gasteiger partial charge >= 0.3 is 6.09 Å². The van der Waals surface area contributed by atoms with Crippen molar-refractivity contribution in [3.05, 3.63) is 59.6 Å². The van der Waals surface area contributed by atoms with Crippen molar-refractivity contribution in [2.45, 2.75) is 57.8 Å². The van der Waals surface area contributed by atoms with Crippen molar-refractivity contribution in [3.8, 4) is 0 Å². The van der Waals surface area contributed by atoms with E-state index in [-0.39, 0.29) is 31.5 Å². The summed E-state index contributed by atoms with van der Waals surface area (Å²) in [6.45, 7) is 6.96. The highest BCUT2D eigenvalue weighted by Crippen LogP contribution is 2.34. The molecule has 12 heteroatoms. The first-order chi connectivity index (χ1) is 20.4. The van der Waals surface area contributed by atoms with E-state index in [1.54, 1.807) is 10.7 Å². The molecule has 11 nitrogen and oxygen atoms in total. The number of nitrogens with zero attached hydrogens (tertiary/aromatic N) is 5. The zero-order valence-electron chi connectivity index (χ0n) is 24.0. The molecular weight excluding hydrogens is 558 g/mol. The van der Waals surface area contributed by atoms with E-state index in [1.165, 1.54) is 6.33 Å². The quantitative estimate of drug-likeness (QED) is 0.189. The van der Waals surface area contributed by atoms with E-state index in [9.17, 15) is 9.90 Å². The molecule has 1 saturated heterocycles. The van der Waals surface area contributed by atoms with Gasteiger partial charge in [0.05, 0.1) is 23.9 Å². The number of amides is 1. The maximum absolute atomic E-state index is 12.6. The van der Waals surface area contributed by atoms with Crippen LogP contribution in [0.2, 0.25) is 5.02 Å². The van der Waals surface area contributed by atoms with Crippen LogP contribution < -0.4 is 10.6 Å². The summed E-state index contributed by atoms with van der Waals surface area (Å²) in [5.74, 6) is 0.372. The Kier molecular flexibility index (Phi) is 10.1. The third-order valence-corrected chi connectivity index (χ3v) is 7.88. The predicted octanol–water partition coefficient (Wildman–Crippen LogP) is 5.29. The number of hydrogen-bond acceptors (Lipinski definition) is 9. The number of likely N-dealkylation sites (N-methyl/N-ethyl adjacent to an activating group) is 1. The minimum absolute atomic E-state index is 0.000409. The van der Waals surface area contributed by atoms with Crippen LogP contribution in [0.25, 0.3) is 16.4 Å². The highest BCUT2D eigenvalue weighted by Gasteiger charge is 2.28. The van der Waals surface area contributed by atoms with Crippen molar-refractivity contribution in [3.63, 3.8) is 0 Å². The molecule has 1 aliphatic heterocycles. The lowest BCUT2D eigenvalue weighted by molar-refractivity contribution is 0.00856. The van der Waals surface area contributed by atoms with Crippen LogP contribution in [0, 0.1) is 0 Å². The summed E-state index contributed by atoms with van der Waals surface area (Å²) < 4.78 is 13.1. The second kappa shape index (κ2) is 14.1. The summed E-state index contributed by atoms with van der Waals surface area (Å²) in [4.78, 5) is 23.5. The number of anilines is 2. The number of hydrogen-bond donors (Lipinski definition) is 3. The number of carbonyl (C=O) groups excluding carboxylic acids is 1. The average Bonchev–Trinajstić information content (AvgIpc) is 3.64. The van der Waals surface area contributed by atoms with Gasteiger partial charge in [0.1, 0.15) is 24.6 Å². The van der Waals surface area contributed by atoms with Crippen LogP contribution in [0.5, 0.6) is 0 Å². The van der Waals surface area contributed by atoms with E-state index in [4.69, 9.17) is 21.1 Å². The average molecular weight is 596 g/mol. The van der Waals surface area contributed by atoms with Gasteiger partial charge in [-0.25, -0.2) is 14.3 Å². The monoisotopic (exact) mass is 595 g/mol. The van der Waals surface area contributed by atoms with Crippen molar-refractivity contribution < 1.29 is 19.4 Å². The molecule has 0 spiro atoms. The van der Waals surface area contributed by atoms with E-state index in [2.05, 4.69) is 44.4 Å². The summed E-state index contributed by atoms with van der Waals surface area (Å²) in [5, 5.41) is 21.8. The molecule has 1 fully saturated rings. The Labute approximate surface area is 250 Å². The molecular formula is C30H38ClN7O4. The standard InChI is InChI=1S/C30H38ClN7O4/c1-3-37(14-4-5-20(2)35-24-12-13-32-25-17-21(31)6-8-23(24)25)15-16-41-30(40)36-29-27-10-9-26(38(27)34-19-33-29)28-11-7-22(18-39)42-28/h6,8-10,12-13,17,19-20,22,28,39H,3-5,7,11,14-16,18H2,1-2H3,(H,32,35)(H,33,34,36,40)/t20?,22-,28+/m0/s1. The van der Waals surface area contributed by atoms with Crippen molar-refractivity contribution in [2.75, 3.05) is 43.5 Å². The minimum atomic E-state index is -0.560. The topological polar surface area (TPSA) is 126 Å². The molecule has 1 amide bonds. The van der Waals surface area contributed by atoms with E-state index >= 15 is 0 Å². The number of halogens is 1. The maximum Gasteiger partial charge on any atom is 0.412 e. The number of aromatic nitrogens is 4. The lowest BCUT2D eigenvalue weighted by atomic mass is 10.1. The molecule has 1 unspecified atom stereocenters. The lowest BCUT2D eigenvalue weighted by Crippen LogP contribution is -2.30.